The molecule has 2 aromatic carbocycles. The van der Waals surface area contributed by atoms with Gasteiger partial charge in [0.05, 0.1) is 18.9 Å². The van der Waals surface area contributed by atoms with E-state index < -0.39 is 11.9 Å². The Kier molecular flexibility index (Phi) is 5.71. The molecule has 2 aliphatic heterocycles. The highest BCUT2D eigenvalue weighted by Crippen LogP contribution is 2.31. The van der Waals surface area contributed by atoms with Crippen molar-refractivity contribution in [2.45, 2.75) is 38.6 Å². The molecular formula is C26H23N3O4. The van der Waals surface area contributed by atoms with Gasteiger partial charge >= 0.3 is 0 Å². The van der Waals surface area contributed by atoms with Crippen molar-refractivity contribution in [3.05, 3.63) is 89.1 Å². The molecule has 0 bridgehead atoms. The van der Waals surface area contributed by atoms with Crippen molar-refractivity contribution < 1.29 is 19.1 Å². The summed E-state index contributed by atoms with van der Waals surface area (Å²) in [6.07, 6.45) is 2.35. The third kappa shape index (κ3) is 4.40. The highest BCUT2D eigenvalue weighted by molar-refractivity contribution is 6.05. The normalized spacial score (nSPS) is 17.8. The molecule has 7 heteroatoms. The molecule has 1 saturated heterocycles. The Morgan fingerprint density at radius 3 is 2.61 bits per heavy atom. The monoisotopic (exact) mass is 441 g/mol. The smallest absolute Gasteiger partial charge is 0.255 e. The van der Waals surface area contributed by atoms with Crippen molar-refractivity contribution >= 4 is 17.7 Å². The molecule has 1 aromatic heterocycles. The number of aromatic nitrogens is 1. The zero-order valence-electron chi connectivity index (χ0n) is 18.0. The lowest BCUT2D eigenvalue weighted by Gasteiger charge is -2.29. The van der Waals surface area contributed by atoms with E-state index in [1.807, 2.05) is 54.6 Å². The molecule has 1 fully saturated rings. The van der Waals surface area contributed by atoms with Crippen LogP contribution in [0, 0.1) is 0 Å². The van der Waals surface area contributed by atoms with Crippen LogP contribution in [-0.2, 0) is 34.1 Å². The summed E-state index contributed by atoms with van der Waals surface area (Å²) in [5.74, 6) is -0.874. The van der Waals surface area contributed by atoms with Gasteiger partial charge in [0.15, 0.2) is 0 Å². The summed E-state index contributed by atoms with van der Waals surface area (Å²) in [7, 11) is 0. The number of hydrogen-bond acceptors (Lipinski definition) is 5. The summed E-state index contributed by atoms with van der Waals surface area (Å²) in [6, 6.07) is 18.9. The summed E-state index contributed by atoms with van der Waals surface area (Å²) >= 11 is 0. The first-order valence-electron chi connectivity index (χ1n) is 10.9. The maximum Gasteiger partial charge on any atom is 0.255 e. The predicted molar refractivity (Wildman–Crippen MR) is 121 cm³/mol. The highest BCUT2D eigenvalue weighted by atomic mass is 16.5. The van der Waals surface area contributed by atoms with Gasteiger partial charge < -0.3 is 9.64 Å². The minimum absolute atomic E-state index is 0.179. The number of carbonyl (C=O) groups is 3. The molecule has 1 unspecified atom stereocenters. The minimum atomic E-state index is -0.616. The molecular weight excluding hydrogens is 418 g/mol. The molecule has 166 valence electrons. The Labute approximate surface area is 191 Å². The fourth-order valence-corrected chi connectivity index (χ4v) is 4.32. The molecule has 0 radical (unpaired) electrons. The van der Waals surface area contributed by atoms with E-state index in [0.29, 0.717) is 31.7 Å². The first-order valence-corrected chi connectivity index (χ1v) is 10.9. The van der Waals surface area contributed by atoms with Crippen LogP contribution in [0.2, 0.25) is 0 Å². The van der Waals surface area contributed by atoms with Gasteiger partial charge in [0.2, 0.25) is 11.8 Å². The number of piperidine rings is 1. The van der Waals surface area contributed by atoms with Crippen molar-refractivity contribution in [1.82, 2.24) is 15.2 Å². The first kappa shape index (κ1) is 21.0. The zero-order valence-corrected chi connectivity index (χ0v) is 18.0. The Morgan fingerprint density at radius 2 is 1.79 bits per heavy atom. The maximum absolute atomic E-state index is 12.9. The molecule has 1 N–H and O–H groups in total. The van der Waals surface area contributed by atoms with Crippen LogP contribution in [0.25, 0.3) is 11.3 Å². The summed E-state index contributed by atoms with van der Waals surface area (Å²) in [5.41, 5.74) is 5.27. The standard InChI is InChI=1S/C26H23N3O4/c30-24-9-8-23(25(31)28-24)29-14-20-13-19(6-7-21(20)26(29)32)22-12-18(10-11-27-22)16-33-15-17-4-2-1-3-5-17/h1-7,10-13,23H,8-9,14-16H2,(H,28,30,31). The average Bonchev–Trinajstić information content (AvgIpc) is 3.15. The lowest BCUT2D eigenvalue weighted by molar-refractivity contribution is -0.136. The molecule has 0 spiro atoms. The van der Waals surface area contributed by atoms with E-state index in [9.17, 15) is 14.4 Å². The fraction of sp³-hybridized carbons (Fsp3) is 0.231. The number of amides is 3. The number of imide groups is 1. The van der Waals surface area contributed by atoms with Crippen molar-refractivity contribution in [3.63, 3.8) is 0 Å². The van der Waals surface area contributed by atoms with Gasteiger partial charge in [-0.1, -0.05) is 36.4 Å². The first-order chi connectivity index (χ1) is 16.1. The third-order valence-corrected chi connectivity index (χ3v) is 6.02. The molecule has 2 aliphatic rings. The summed E-state index contributed by atoms with van der Waals surface area (Å²) in [5, 5.41) is 2.33. The van der Waals surface area contributed by atoms with E-state index in [-0.39, 0.29) is 18.2 Å². The summed E-state index contributed by atoms with van der Waals surface area (Å²) in [4.78, 5) is 42.6. The number of fused-ring (bicyclic) bond motifs is 1. The van der Waals surface area contributed by atoms with Gasteiger partial charge in [0.1, 0.15) is 6.04 Å². The van der Waals surface area contributed by atoms with Gasteiger partial charge in [-0.2, -0.15) is 0 Å². The van der Waals surface area contributed by atoms with Gasteiger partial charge in [0.25, 0.3) is 5.91 Å². The van der Waals surface area contributed by atoms with Gasteiger partial charge in [-0.25, -0.2) is 0 Å². The number of pyridine rings is 1. The van der Waals surface area contributed by atoms with Crippen LogP contribution in [0.3, 0.4) is 0 Å². The second-order valence-corrected chi connectivity index (χ2v) is 8.30. The van der Waals surface area contributed by atoms with Crippen LogP contribution < -0.4 is 5.32 Å². The van der Waals surface area contributed by atoms with E-state index in [2.05, 4.69) is 10.3 Å². The van der Waals surface area contributed by atoms with Crippen LogP contribution in [-0.4, -0.2) is 33.6 Å². The Morgan fingerprint density at radius 1 is 0.970 bits per heavy atom. The number of hydrogen-bond donors (Lipinski definition) is 1. The van der Waals surface area contributed by atoms with Crippen LogP contribution in [0.4, 0.5) is 0 Å². The van der Waals surface area contributed by atoms with Crippen LogP contribution >= 0.6 is 0 Å². The quantitative estimate of drug-likeness (QED) is 0.594. The molecule has 0 aliphatic carbocycles. The van der Waals surface area contributed by atoms with E-state index in [1.165, 1.54) is 0 Å². The number of ether oxygens (including phenoxy) is 1. The Hall–Kier alpha value is -3.84. The minimum Gasteiger partial charge on any atom is -0.372 e. The highest BCUT2D eigenvalue weighted by Gasteiger charge is 2.39. The van der Waals surface area contributed by atoms with Gasteiger partial charge in [-0.05, 0) is 47.4 Å². The van der Waals surface area contributed by atoms with Crippen LogP contribution in [0.15, 0.2) is 66.9 Å². The predicted octanol–water partition coefficient (Wildman–Crippen LogP) is 3.23. The van der Waals surface area contributed by atoms with Crippen molar-refractivity contribution in [3.8, 4) is 11.3 Å². The number of benzene rings is 2. The topological polar surface area (TPSA) is 88.6 Å². The van der Waals surface area contributed by atoms with Gasteiger partial charge in [-0.3, -0.25) is 24.7 Å². The average molecular weight is 441 g/mol. The maximum atomic E-state index is 12.9. The second kappa shape index (κ2) is 8.96. The van der Waals surface area contributed by atoms with E-state index >= 15 is 0 Å². The molecule has 3 heterocycles. The summed E-state index contributed by atoms with van der Waals surface area (Å²) in [6.45, 7) is 1.35. The Bertz CT molecular complexity index is 1230. The van der Waals surface area contributed by atoms with Gasteiger partial charge in [0, 0.05) is 30.3 Å². The van der Waals surface area contributed by atoms with E-state index in [4.69, 9.17) is 4.74 Å². The van der Waals surface area contributed by atoms with Crippen molar-refractivity contribution in [1.29, 1.82) is 0 Å². The van der Waals surface area contributed by atoms with E-state index in [1.54, 1.807) is 17.2 Å². The Balaban J connectivity index is 1.29. The number of nitrogens with one attached hydrogen (secondary N) is 1. The lowest BCUT2D eigenvalue weighted by atomic mass is 10.0. The lowest BCUT2D eigenvalue weighted by Crippen LogP contribution is -2.52. The molecule has 0 saturated carbocycles. The second-order valence-electron chi connectivity index (χ2n) is 8.30. The number of carbonyl (C=O) groups excluding carboxylic acids is 3. The molecule has 3 amide bonds. The van der Waals surface area contributed by atoms with Crippen LogP contribution in [0.5, 0.6) is 0 Å². The third-order valence-electron chi connectivity index (χ3n) is 6.02. The summed E-state index contributed by atoms with van der Waals surface area (Å²) < 4.78 is 5.84. The SMILES string of the molecule is O=C1CCC(N2Cc3cc(-c4cc(COCc5ccccc5)ccn4)ccc3C2=O)C(=O)N1. The molecule has 33 heavy (non-hydrogen) atoms. The van der Waals surface area contributed by atoms with Crippen LogP contribution in [0.1, 0.15) is 39.9 Å². The number of rotatable bonds is 6. The molecule has 1 atom stereocenters. The van der Waals surface area contributed by atoms with Crippen molar-refractivity contribution in [2.24, 2.45) is 0 Å². The fourth-order valence-electron chi connectivity index (χ4n) is 4.32. The molecule has 7 nitrogen and oxygen atoms in total. The van der Waals surface area contributed by atoms with Gasteiger partial charge in [-0.15, -0.1) is 0 Å². The van der Waals surface area contributed by atoms with E-state index in [0.717, 1.165) is 27.9 Å². The van der Waals surface area contributed by atoms with Crippen molar-refractivity contribution in [2.75, 3.05) is 0 Å². The molecule has 5 rings (SSSR count). The number of nitrogens with zero attached hydrogens (tertiary/aromatic N) is 2. The molecule has 3 aromatic rings. The largest absolute Gasteiger partial charge is 0.372 e. The zero-order chi connectivity index (χ0) is 22.8.